The van der Waals surface area contributed by atoms with Crippen LogP contribution >= 0.6 is 0 Å². The third-order valence-corrected chi connectivity index (χ3v) is 4.83. The molecule has 1 unspecified atom stereocenters. The Hall–Kier alpha value is -2.82. The van der Waals surface area contributed by atoms with Gasteiger partial charge in [-0.05, 0) is 94.0 Å². The molecule has 0 aromatic heterocycles. The van der Waals surface area contributed by atoms with Gasteiger partial charge in [-0.1, -0.05) is 12.1 Å². The summed E-state index contributed by atoms with van der Waals surface area (Å²) in [5, 5.41) is 11.1. The summed E-state index contributed by atoms with van der Waals surface area (Å²) in [7, 11) is 0. The molecule has 0 heterocycles. The maximum absolute atomic E-state index is 12.6. The number of carbonyl (C=O) groups excluding carboxylic acids is 2. The lowest BCUT2D eigenvalue weighted by Crippen LogP contribution is -2.32. The van der Waals surface area contributed by atoms with Crippen molar-refractivity contribution in [1.29, 1.82) is 0 Å². The van der Waals surface area contributed by atoms with Crippen LogP contribution in [0.1, 0.15) is 40.3 Å². The standard InChI is InChI=1S/C22H27N3O2/c1-12-8-16(5)19(10-14(12)3)23-22(27)21(18(7)26)25-24-20-11-15(4)13(2)9-17(20)6/h8-11,21H,1-7H3,(H,23,27). The number of Topliss-reactive ketones (excluding diaryl/α,β-unsaturated/α-hetero) is 1. The van der Waals surface area contributed by atoms with Gasteiger partial charge in [0.2, 0.25) is 6.04 Å². The van der Waals surface area contributed by atoms with E-state index in [-0.39, 0.29) is 5.78 Å². The molecule has 142 valence electrons. The third-order valence-electron chi connectivity index (χ3n) is 4.83. The Morgan fingerprint density at radius 1 is 0.778 bits per heavy atom. The van der Waals surface area contributed by atoms with Crippen molar-refractivity contribution in [1.82, 2.24) is 0 Å². The van der Waals surface area contributed by atoms with E-state index in [0.29, 0.717) is 11.4 Å². The van der Waals surface area contributed by atoms with Gasteiger partial charge in [-0.25, -0.2) is 0 Å². The van der Waals surface area contributed by atoms with E-state index in [9.17, 15) is 9.59 Å². The summed E-state index contributed by atoms with van der Waals surface area (Å²) in [6, 6.07) is 6.67. The van der Waals surface area contributed by atoms with Crippen LogP contribution in [0.4, 0.5) is 11.4 Å². The Kier molecular flexibility index (Phi) is 6.26. The van der Waals surface area contributed by atoms with E-state index in [4.69, 9.17) is 0 Å². The number of azo groups is 1. The van der Waals surface area contributed by atoms with E-state index in [2.05, 4.69) is 15.5 Å². The van der Waals surface area contributed by atoms with E-state index in [1.165, 1.54) is 6.92 Å². The minimum absolute atomic E-state index is 0.348. The van der Waals surface area contributed by atoms with Crippen LogP contribution in [-0.4, -0.2) is 17.7 Å². The first-order chi connectivity index (χ1) is 12.6. The van der Waals surface area contributed by atoms with Crippen molar-refractivity contribution >= 4 is 23.1 Å². The Labute approximate surface area is 160 Å². The third kappa shape index (κ3) is 4.88. The number of nitrogens with zero attached hydrogens (tertiary/aromatic N) is 2. The number of hydrogen-bond donors (Lipinski definition) is 1. The summed E-state index contributed by atoms with van der Waals surface area (Å²) in [6.45, 7) is 13.2. The molecule has 0 aliphatic heterocycles. The molecule has 5 heteroatoms. The van der Waals surface area contributed by atoms with Crippen molar-refractivity contribution in [2.75, 3.05) is 5.32 Å². The highest BCUT2D eigenvalue weighted by Gasteiger charge is 2.24. The molecule has 0 aliphatic rings. The van der Waals surface area contributed by atoms with Gasteiger partial charge in [0.1, 0.15) is 0 Å². The smallest absolute Gasteiger partial charge is 0.258 e. The number of ketones is 1. The summed E-state index contributed by atoms with van der Waals surface area (Å²) in [5.41, 5.74) is 7.72. The summed E-state index contributed by atoms with van der Waals surface area (Å²) in [5.74, 6) is -0.821. The summed E-state index contributed by atoms with van der Waals surface area (Å²) in [6.07, 6.45) is 0. The molecular weight excluding hydrogens is 338 g/mol. The lowest BCUT2D eigenvalue weighted by atomic mass is 10.0. The normalized spacial score (nSPS) is 12.3. The van der Waals surface area contributed by atoms with Crippen LogP contribution in [0.5, 0.6) is 0 Å². The van der Waals surface area contributed by atoms with E-state index in [0.717, 1.165) is 33.4 Å². The first-order valence-corrected chi connectivity index (χ1v) is 8.98. The fraction of sp³-hybridized carbons (Fsp3) is 0.364. The van der Waals surface area contributed by atoms with Crippen LogP contribution in [0.25, 0.3) is 0 Å². The van der Waals surface area contributed by atoms with Crippen molar-refractivity contribution in [3.8, 4) is 0 Å². The quantitative estimate of drug-likeness (QED) is 0.583. The maximum atomic E-state index is 12.6. The number of benzene rings is 2. The molecule has 2 aromatic rings. The zero-order chi connectivity index (χ0) is 20.3. The molecule has 5 nitrogen and oxygen atoms in total. The van der Waals surface area contributed by atoms with Crippen LogP contribution < -0.4 is 5.32 Å². The topological polar surface area (TPSA) is 70.9 Å². The molecular formula is C22H27N3O2. The second-order valence-electron chi connectivity index (χ2n) is 7.19. The number of hydrogen-bond acceptors (Lipinski definition) is 4. The zero-order valence-electron chi connectivity index (χ0n) is 17.1. The minimum Gasteiger partial charge on any atom is -0.324 e. The van der Waals surface area contributed by atoms with E-state index < -0.39 is 11.9 Å². The van der Waals surface area contributed by atoms with E-state index in [1.807, 2.05) is 65.8 Å². The summed E-state index contributed by atoms with van der Waals surface area (Å²) < 4.78 is 0. The van der Waals surface area contributed by atoms with Gasteiger partial charge in [0.05, 0.1) is 5.69 Å². The molecule has 0 spiro atoms. The highest BCUT2D eigenvalue weighted by atomic mass is 16.2. The maximum Gasteiger partial charge on any atom is 0.258 e. The highest BCUT2D eigenvalue weighted by molar-refractivity contribution is 6.10. The van der Waals surface area contributed by atoms with Crippen molar-refractivity contribution in [2.45, 2.75) is 54.5 Å². The first kappa shape index (κ1) is 20.5. The Balaban J connectivity index is 2.27. The largest absolute Gasteiger partial charge is 0.324 e. The number of aryl methyl sites for hydroxylation is 6. The lowest BCUT2D eigenvalue weighted by molar-refractivity contribution is -0.126. The van der Waals surface area contributed by atoms with Crippen LogP contribution in [0.3, 0.4) is 0 Å². The monoisotopic (exact) mass is 365 g/mol. The average Bonchev–Trinajstić information content (AvgIpc) is 2.57. The molecule has 0 bridgehead atoms. The molecule has 2 aromatic carbocycles. The molecule has 0 aliphatic carbocycles. The molecule has 1 amide bonds. The Morgan fingerprint density at radius 2 is 1.30 bits per heavy atom. The van der Waals surface area contributed by atoms with Crippen molar-refractivity contribution in [3.05, 3.63) is 57.6 Å². The average molecular weight is 365 g/mol. The first-order valence-electron chi connectivity index (χ1n) is 8.98. The Morgan fingerprint density at radius 3 is 1.89 bits per heavy atom. The number of rotatable bonds is 5. The van der Waals surface area contributed by atoms with Gasteiger partial charge in [-0.15, -0.1) is 0 Å². The molecule has 1 N–H and O–H groups in total. The van der Waals surface area contributed by atoms with Crippen LogP contribution in [-0.2, 0) is 9.59 Å². The van der Waals surface area contributed by atoms with Crippen molar-refractivity contribution < 1.29 is 9.59 Å². The van der Waals surface area contributed by atoms with Gasteiger partial charge in [-0.2, -0.15) is 10.2 Å². The molecule has 0 radical (unpaired) electrons. The molecule has 0 saturated carbocycles. The zero-order valence-corrected chi connectivity index (χ0v) is 17.1. The predicted molar refractivity (Wildman–Crippen MR) is 109 cm³/mol. The van der Waals surface area contributed by atoms with Crippen LogP contribution in [0.15, 0.2) is 34.5 Å². The minimum atomic E-state index is -1.17. The van der Waals surface area contributed by atoms with E-state index >= 15 is 0 Å². The van der Waals surface area contributed by atoms with Crippen LogP contribution in [0.2, 0.25) is 0 Å². The van der Waals surface area contributed by atoms with Gasteiger partial charge < -0.3 is 5.32 Å². The van der Waals surface area contributed by atoms with Gasteiger partial charge in [0.25, 0.3) is 5.91 Å². The number of amides is 1. The van der Waals surface area contributed by atoms with Gasteiger partial charge in [0.15, 0.2) is 5.78 Å². The number of carbonyl (C=O) groups is 2. The number of nitrogens with one attached hydrogen (secondary N) is 1. The van der Waals surface area contributed by atoms with Gasteiger partial charge in [-0.3, -0.25) is 9.59 Å². The molecule has 27 heavy (non-hydrogen) atoms. The van der Waals surface area contributed by atoms with Crippen molar-refractivity contribution in [3.63, 3.8) is 0 Å². The second kappa shape index (κ2) is 8.25. The molecule has 0 saturated heterocycles. The SMILES string of the molecule is CC(=O)C(N=Nc1cc(C)c(C)cc1C)C(=O)Nc1cc(C)c(C)cc1C. The van der Waals surface area contributed by atoms with Crippen LogP contribution in [0, 0.1) is 41.5 Å². The predicted octanol–water partition coefficient (Wildman–Crippen LogP) is 5.22. The van der Waals surface area contributed by atoms with Gasteiger partial charge in [0, 0.05) is 5.69 Å². The molecule has 1 atom stereocenters. The fourth-order valence-corrected chi connectivity index (χ4v) is 2.79. The molecule has 0 fully saturated rings. The highest BCUT2D eigenvalue weighted by Crippen LogP contribution is 2.24. The Bertz CT molecular complexity index is 930. The summed E-state index contributed by atoms with van der Waals surface area (Å²) in [4.78, 5) is 24.6. The summed E-state index contributed by atoms with van der Waals surface area (Å²) >= 11 is 0. The molecule has 2 rings (SSSR count). The van der Waals surface area contributed by atoms with E-state index in [1.54, 1.807) is 0 Å². The van der Waals surface area contributed by atoms with Crippen molar-refractivity contribution in [2.24, 2.45) is 10.2 Å². The fourth-order valence-electron chi connectivity index (χ4n) is 2.79. The lowest BCUT2D eigenvalue weighted by Gasteiger charge is -2.13. The number of anilines is 1. The second-order valence-corrected chi connectivity index (χ2v) is 7.19. The van der Waals surface area contributed by atoms with Gasteiger partial charge >= 0.3 is 0 Å².